The Bertz CT molecular complexity index is 882. The maximum Gasteiger partial charge on any atom is 0.410 e. The van der Waals surface area contributed by atoms with Gasteiger partial charge in [-0.3, -0.25) is 9.80 Å². The number of para-hydroxylation sites is 2. The van der Waals surface area contributed by atoms with Crippen molar-refractivity contribution in [1.29, 1.82) is 0 Å². The van der Waals surface area contributed by atoms with E-state index in [1.54, 1.807) is 0 Å². The molecule has 0 saturated carbocycles. The number of ether oxygens (including phenoxy) is 3. The van der Waals surface area contributed by atoms with Gasteiger partial charge in [-0.25, -0.2) is 4.79 Å². The van der Waals surface area contributed by atoms with Crippen molar-refractivity contribution < 1.29 is 19.0 Å². The minimum Gasteiger partial charge on any atom is -0.486 e. The zero-order valence-corrected chi connectivity index (χ0v) is 17.8. The highest BCUT2D eigenvalue weighted by atomic mass is 16.6. The fourth-order valence-corrected chi connectivity index (χ4v) is 4.87. The van der Waals surface area contributed by atoms with Crippen LogP contribution in [0.5, 0.6) is 11.5 Å². The highest BCUT2D eigenvalue weighted by Gasteiger charge is 2.34. The summed E-state index contributed by atoms with van der Waals surface area (Å²) in [6.45, 7) is 4.86. The second kappa shape index (κ2) is 9.18. The van der Waals surface area contributed by atoms with Crippen molar-refractivity contribution in [2.75, 3.05) is 39.4 Å². The Morgan fingerprint density at radius 1 is 0.871 bits per heavy atom. The second-order valence-corrected chi connectivity index (χ2v) is 8.73. The molecule has 2 saturated heterocycles. The molecule has 3 aliphatic heterocycles. The Balaban J connectivity index is 1.08. The van der Waals surface area contributed by atoms with E-state index in [0.29, 0.717) is 19.1 Å². The first-order chi connectivity index (χ1) is 15.3. The quantitative estimate of drug-likeness (QED) is 0.701. The normalized spacial score (nSPS) is 24.3. The van der Waals surface area contributed by atoms with Crippen LogP contribution in [0.3, 0.4) is 0 Å². The third-order valence-corrected chi connectivity index (χ3v) is 6.67. The molecule has 0 unspecified atom stereocenters. The van der Waals surface area contributed by atoms with Crippen LogP contribution in [0.4, 0.5) is 4.79 Å². The van der Waals surface area contributed by atoms with Crippen molar-refractivity contribution in [3.05, 3.63) is 60.2 Å². The van der Waals surface area contributed by atoms with E-state index in [1.807, 2.05) is 47.4 Å². The number of carbonyl (C=O) groups excluding carboxylic acids is 1. The zero-order chi connectivity index (χ0) is 21.0. The minimum atomic E-state index is -0.180. The summed E-state index contributed by atoms with van der Waals surface area (Å²) in [5.74, 6) is 2.33. The smallest absolute Gasteiger partial charge is 0.410 e. The van der Waals surface area contributed by atoms with E-state index < -0.39 is 0 Å². The highest BCUT2D eigenvalue weighted by Crippen LogP contribution is 2.32. The number of piperidine rings is 1. The van der Waals surface area contributed by atoms with Gasteiger partial charge in [0.15, 0.2) is 11.5 Å². The van der Waals surface area contributed by atoms with Gasteiger partial charge in [0.25, 0.3) is 0 Å². The van der Waals surface area contributed by atoms with Crippen LogP contribution in [0, 0.1) is 5.92 Å². The van der Waals surface area contributed by atoms with Gasteiger partial charge in [0.2, 0.25) is 0 Å². The predicted octanol–water partition coefficient (Wildman–Crippen LogP) is 4.12. The van der Waals surface area contributed by atoms with Crippen molar-refractivity contribution in [3.8, 4) is 11.5 Å². The summed E-state index contributed by atoms with van der Waals surface area (Å²) in [5, 5.41) is 0. The highest BCUT2D eigenvalue weighted by molar-refractivity contribution is 5.70. The van der Waals surface area contributed by atoms with Crippen LogP contribution in [-0.2, 0) is 4.74 Å². The maximum absolute atomic E-state index is 12.3. The van der Waals surface area contributed by atoms with E-state index in [1.165, 1.54) is 0 Å². The molecule has 6 heteroatoms. The summed E-state index contributed by atoms with van der Waals surface area (Å²) in [7, 11) is 0. The number of nitrogens with zero attached hydrogens (tertiary/aromatic N) is 2. The second-order valence-electron chi connectivity index (χ2n) is 8.73. The third-order valence-electron chi connectivity index (χ3n) is 6.67. The number of carbonyl (C=O) groups is 1. The predicted molar refractivity (Wildman–Crippen MR) is 117 cm³/mol. The Labute approximate surface area is 183 Å². The van der Waals surface area contributed by atoms with E-state index in [2.05, 4.69) is 17.0 Å². The number of cyclic esters (lactones) is 1. The monoisotopic (exact) mass is 422 g/mol. The Morgan fingerprint density at radius 3 is 2.42 bits per heavy atom. The number of benzene rings is 2. The molecule has 3 heterocycles. The molecule has 0 N–H and O–H groups in total. The molecule has 2 aromatic carbocycles. The van der Waals surface area contributed by atoms with Gasteiger partial charge < -0.3 is 14.2 Å². The first-order valence-electron chi connectivity index (χ1n) is 11.4. The van der Waals surface area contributed by atoms with Crippen molar-refractivity contribution in [2.24, 2.45) is 5.92 Å². The van der Waals surface area contributed by atoms with Crippen LogP contribution >= 0.6 is 0 Å². The minimum absolute atomic E-state index is 0.0418. The van der Waals surface area contributed by atoms with Gasteiger partial charge in [-0.2, -0.15) is 0 Å². The Hall–Kier alpha value is -2.73. The molecular formula is C25H30N2O4. The molecule has 0 spiro atoms. The van der Waals surface area contributed by atoms with Crippen molar-refractivity contribution in [2.45, 2.75) is 31.4 Å². The topological polar surface area (TPSA) is 51.2 Å². The number of likely N-dealkylation sites (tertiary alicyclic amines) is 1. The first kappa shape index (κ1) is 20.2. The van der Waals surface area contributed by atoms with E-state index >= 15 is 0 Å². The van der Waals surface area contributed by atoms with Gasteiger partial charge in [-0.1, -0.05) is 42.5 Å². The van der Waals surface area contributed by atoms with Gasteiger partial charge in [-0.15, -0.1) is 0 Å². The Kier molecular flexibility index (Phi) is 5.98. The van der Waals surface area contributed by atoms with E-state index in [-0.39, 0.29) is 18.2 Å². The van der Waals surface area contributed by atoms with E-state index in [9.17, 15) is 4.79 Å². The molecule has 0 aliphatic carbocycles. The van der Waals surface area contributed by atoms with Crippen LogP contribution in [-0.4, -0.2) is 61.4 Å². The molecule has 31 heavy (non-hydrogen) atoms. The molecule has 0 radical (unpaired) electrons. The first-order valence-corrected chi connectivity index (χ1v) is 11.4. The number of amides is 1. The molecule has 0 bridgehead atoms. The van der Waals surface area contributed by atoms with Gasteiger partial charge in [0.05, 0.1) is 6.04 Å². The lowest BCUT2D eigenvalue weighted by Crippen LogP contribution is -2.44. The Morgan fingerprint density at radius 2 is 1.61 bits per heavy atom. The fourth-order valence-electron chi connectivity index (χ4n) is 4.87. The molecule has 6 nitrogen and oxygen atoms in total. The number of rotatable bonds is 6. The van der Waals surface area contributed by atoms with Crippen molar-refractivity contribution in [1.82, 2.24) is 9.80 Å². The van der Waals surface area contributed by atoms with Crippen LogP contribution in [0.2, 0.25) is 0 Å². The zero-order valence-electron chi connectivity index (χ0n) is 17.8. The maximum atomic E-state index is 12.3. The average Bonchev–Trinajstić information content (AvgIpc) is 3.19. The van der Waals surface area contributed by atoms with Crippen LogP contribution in [0.15, 0.2) is 54.6 Å². The molecule has 164 valence electrons. The summed E-state index contributed by atoms with van der Waals surface area (Å²) >= 11 is 0. The molecular weight excluding hydrogens is 392 g/mol. The summed E-state index contributed by atoms with van der Waals surface area (Å²) in [6.07, 6.45) is 3.24. The largest absolute Gasteiger partial charge is 0.486 e. The standard InChI is InChI=1S/C25H30N2O4/c28-25-27(22(18-30-25)20-6-2-1-3-7-20)15-12-19-10-13-26(14-11-19)16-21-17-29-23-8-4-5-9-24(23)31-21/h1-9,19,21-22H,10-18H2/t21-,22-/m0/s1. The summed E-state index contributed by atoms with van der Waals surface area (Å²) in [5.41, 5.74) is 1.15. The third kappa shape index (κ3) is 4.64. The lowest BCUT2D eigenvalue weighted by molar-refractivity contribution is 0.0466. The molecule has 0 aromatic heterocycles. The van der Waals surface area contributed by atoms with Gasteiger partial charge in [0, 0.05) is 13.1 Å². The lowest BCUT2D eigenvalue weighted by atomic mass is 9.93. The van der Waals surface area contributed by atoms with Gasteiger partial charge in [-0.05, 0) is 56.0 Å². The van der Waals surface area contributed by atoms with E-state index in [4.69, 9.17) is 14.2 Å². The van der Waals surface area contributed by atoms with Crippen LogP contribution in [0.1, 0.15) is 30.9 Å². The fraction of sp³-hybridized carbons (Fsp3) is 0.480. The van der Waals surface area contributed by atoms with Crippen LogP contribution in [0.25, 0.3) is 0 Å². The molecule has 1 amide bonds. The van der Waals surface area contributed by atoms with Crippen LogP contribution < -0.4 is 9.47 Å². The molecule has 2 fully saturated rings. The average molecular weight is 423 g/mol. The molecule has 2 aromatic rings. The number of hydrogen-bond donors (Lipinski definition) is 0. The van der Waals surface area contributed by atoms with Gasteiger partial charge >= 0.3 is 6.09 Å². The molecule has 5 rings (SSSR count). The number of hydrogen-bond acceptors (Lipinski definition) is 5. The SMILES string of the molecule is O=C1OC[C@@H](c2ccccc2)N1CCC1CCN(C[C@H]2COc3ccccc3O2)CC1. The lowest BCUT2D eigenvalue weighted by Gasteiger charge is -2.36. The molecule has 2 atom stereocenters. The molecule has 3 aliphatic rings. The van der Waals surface area contributed by atoms with Gasteiger partial charge in [0.1, 0.15) is 19.3 Å². The number of fused-ring (bicyclic) bond motifs is 1. The summed E-state index contributed by atoms with van der Waals surface area (Å²) in [4.78, 5) is 16.7. The van der Waals surface area contributed by atoms with Crippen molar-refractivity contribution in [3.63, 3.8) is 0 Å². The summed E-state index contributed by atoms with van der Waals surface area (Å²) in [6, 6.07) is 18.1. The summed E-state index contributed by atoms with van der Waals surface area (Å²) < 4.78 is 17.3. The van der Waals surface area contributed by atoms with E-state index in [0.717, 1.165) is 62.5 Å². The van der Waals surface area contributed by atoms with Crippen molar-refractivity contribution >= 4 is 6.09 Å².